The minimum absolute atomic E-state index is 0.192. The van der Waals surface area contributed by atoms with E-state index < -0.39 is 0 Å². The number of Topliss-reactive ketones (excluding diaryl/α,β-unsaturated/α-hetero) is 1. The number of ketones is 1. The zero-order valence-electron chi connectivity index (χ0n) is 11.7. The minimum atomic E-state index is 0.192. The Morgan fingerprint density at radius 3 is 2.86 bits per heavy atom. The van der Waals surface area contributed by atoms with Crippen LogP contribution in [0.3, 0.4) is 0 Å². The number of fused-ring (bicyclic) bond motifs is 2. The van der Waals surface area contributed by atoms with Crippen molar-refractivity contribution in [1.82, 2.24) is 9.97 Å². The molecule has 0 aliphatic heterocycles. The summed E-state index contributed by atoms with van der Waals surface area (Å²) in [4.78, 5) is 22.1. The molecule has 1 aromatic carbocycles. The Labute approximate surface area is 126 Å². The van der Waals surface area contributed by atoms with E-state index in [2.05, 4.69) is 22.1 Å². The smallest absolute Gasteiger partial charge is 0.182 e. The Morgan fingerprint density at radius 2 is 2.00 bits per heavy atom. The van der Waals surface area contributed by atoms with Crippen molar-refractivity contribution >= 4 is 28.0 Å². The molecule has 1 aliphatic carbocycles. The average Bonchev–Trinajstić information content (AvgIpc) is 2.92. The highest BCUT2D eigenvalue weighted by Gasteiger charge is 2.22. The van der Waals surface area contributed by atoms with Crippen LogP contribution in [0.1, 0.15) is 33.9 Å². The van der Waals surface area contributed by atoms with Crippen LogP contribution in [-0.2, 0) is 6.42 Å². The summed E-state index contributed by atoms with van der Waals surface area (Å²) in [6.45, 7) is 1.99. The van der Waals surface area contributed by atoms with E-state index in [4.69, 9.17) is 0 Å². The molecule has 1 aliphatic rings. The normalized spacial score (nSPS) is 14.4. The Morgan fingerprint density at radius 1 is 1.10 bits per heavy atom. The number of nitrogens with zero attached hydrogens (tertiary/aromatic N) is 2. The highest BCUT2D eigenvalue weighted by molar-refractivity contribution is 7.15. The van der Waals surface area contributed by atoms with Crippen LogP contribution >= 0.6 is 11.3 Å². The van der Waals surface area contributed by atoms with Crippen molar-refractivity contribution in [3.63, 3.8) is 0 Å². The Bertz CT molecular complexity index is 866. The van der Waals surface area contributed by atoms with Gasteiger partial charge >= 0.3 is 0 Å². The molecule has 0 fully saturated rings. The molecular formula is C17H14N2OS. The molecule has 3 aromatic rings. The molecule has 0 radical (unpaired) electrons. The number of aryl methyl sites for hydroxylation is 2. The molecular weight excluding hydrogens is 280 g/mol. The molecule has 0 spiro atoms. The van der Waals surface area contributed by atoms with Crippen molar-refractivity contribution in [1.29, 1.82) is 0 Å². The molecule has 21 heavy (non-hydrogen) atoms. The van der Waals surface area contributed by atoms with Crippen molar-refractivity contribution in [2.75, 3.05) is 0 Å². The van der Waals surface area contributed by atoms with Crippen molar-refractivity contribution in [2.45, 2.75) is 26.2 Å². The Kier molecular flexibility index (Phi) is 2.86. The van der Waals surface area contributed by atoms with Gasteiger partial charge in [-0.25, -0.2) is 4.98 Å². The fourth-order valence-corrected chi connectivity index (χ4v) is 3.87. The number of carbonyl (C=O) groups excluding carboxylic acids is 1. The summed E-state index contributed by atoms with van der Waals surface area (Å²) in [5.41, 5.74) is 3.78. The SMILES string of the molecule is Cc1ccc2cc(-c3nc4c(s3)CCCC4=O)ccc2n1. The van der Waals surface area contributed by atoms with Gasteiger partial charge in [-0.3, -0.25) is 9.78 Å². The summed E-state index contributed by atoms with van der Waals surface area (Å²) in [7, 11) is 0. The number of hydrogen-bond donors (Lipinski definition) is 0. The lowest BCUT2D eigenvalue weighted by Gasteiger charge is -2.06. The first-order valence-corrected chi connectivity index (χ1v) is 7.93. The third kappa shape index (κ3) is 2.16. The number of pyridine rings is 1. The van der Waals surface area contributed by atoms with E-state index in [0.29, 0.717) is 12.1 Å². The lowest BCUT2D eigenvalue weighted by Crippen LogP contribution is -2.08. The van der Waals surface area contributed by atoms with E-state index in [0.717, 1.165) is 44.9 Å². The quantitative estimate of drug-likeness (QED) is 0.676. The van der Waals surface area contributed by atoms with Crippen LogP contribution in [0.2, 0.25) is 0 Å². The van der Waals surface area contributed by atoms with Gasteiger partial charge in [0.25, 0.3) is 0 Å². The van der Waals surface area contributed by atoms with Gasteiger partial charge < -0.3 is 0 Å². The summed E-state index contributed by atoms with van der Waals surface area (Å²) in [6.07, 6.45) is 2.57. The molecule has 0 unspecified atom stereocenters. The number of aromatic nitrogens is 2. The molecule has 0 amide bonds. The van der Waals surface area contributed by atoms with Crippen molar-refractivity contribution in [2.24, 2.45) is 0 Å². The standard InChI is InChI=1S/C17H14N2OS/c1-10-5-6-11-9-12(7-8-13(11)18-10)17-19-16-14(20)3-2-4-15(16)21-17/h5-9H,2-4H2,1H3. The zero-order chi connectivity index (χ0) is 14.4. The molecule has 4 heteroatoms. The largest absolute Gasteiger partial charge is 0.292 e. The lowest BCUT2D eigenvalue weighted by atomic mass is 10.0. The first kappa shape index (κ1) is 12.7. The Hall–Kier alpha value is -2.07. The van der Waals surface area contributed by atoms with Gasteiger partial charge in [0, 0.05) is 27.9 Å². The third-order valence-corrected chi connectivity index (χ3v) is 5.01. The van der Waals surface area contributed by atoms with Gasteiger partial charge in [-0.2, -0.15) is 0 Å². The fraction of sp³-hybridized carbons (Fsp3) is 0.235. The molecule has 0 saturated heterocycles. The van der Waals surface area contributed by atoms with Crippen LogP contribution in [0.5, 0.6) is 0 Å². The number of thiazole rings is 1. The summed E-state index contributed by atoms with van der Waals surface area (Å²) in [5.74, 6) is 0.192. The van der Waals surface area contributed by atoms with Gasteiger partial charge in [-0.1, -0.05) is 6.07 Å². The van der Waals surface area contributed by atoms with E-state index in [9.17, 15) is 4.79 Å². The maximum atomic E-state index is 11.9. The van der Waals surface area contributed by atoms with Crippen LogP contribution < -0.4 is 0 Å². The van der Waals surface area contributed by atoms with Gasteiger partial charge in [-0.05, 0) is 44.0 Å². The second-order valence-corrected chi connectivity index (χ2v) is 6.51. The van der Waals surface area contributed by atoms with E-state index >= 15 is 0 Å². The molecule has 2 heterocycles. The van der Waals surface area contributed by atoms with Crippen LogP contribution in [-0.4, -0.2) is 15.8 Å². The first-order chi connectivity index (χ1) is 10.2. The van der Waals surface area contributed by atoms with E-state index in [1.54, 1.807) is 11.3 Å². The van der Waals surface area contributed by atoms with E-state index in [1.165, 1.54) is 0 Å². The summed E-state index contributed by atoms with van der Waals surface area (Å²) >= 11 is 1.65. The Balaban J connectivity index is 1.83. The number of hydrogen-bond acceptors (Lipinski definition) is 4. The molecule has 104 valence electrons. The van der Waals surface area contributed by atoms with Gasteiger partial charge in [0.2, 0.25) is 0 Å². The highest BCUT2D eigenvalue weighted by Crippen LogP contribution is 2.33. The number of rotatable bonds is 1. The number of benzene rings is 1. The van der Waals surface area contributed by atoms with Gasteiger partial charge in [0.05, 0.1) is 5.52 Å². The monoisotopic (exact) mass is 294 g/mol. The van der Waals surface area contributed by atoms with Crippen LogP contribution in [0.25, 0.3) is 21.5 Å². The molecule has 3 nitrogen and oxygen atoms in total. The lowest BCUT2D eigenvalue weighted by molar-refractivity contribution is 0.0968. The van der Waals surface area contributed by atoms with Crippen molar-refractivity contribution in [3.8, 4) is 10.6 Å². The van der Waals surface area contributed by atoms with Crippen molar-refractivity contribution < 1.29 is 4.79 Å². The fourth-order valence-electron chi connectivity index (χ4n) is 2.75. The molecule has 2 aromatic heterocycles. The van der Waals surface area contributed by atoms with Gasteiger partial charge in [0.1, 0.15) is 10.7 Å². The second kappa shape index (κ2) is 4.74. The summed E-state index contributed by atoms with van der Waals surface area (Å²) < 4.78 is 0. The van der Waals surface area contributed by atoms with Crippen LogP contribution in [0.15, 0.2) is 30.3 Å². The average molecular weight is 294 g/mol. The molecule has 0 saturated carbocycles. The van der Waals surface area contributed by atoms with Gasteiger partial charge in [-0.15, -0.1) is 11.3 Å². The first-order valence-electron chi connectivity index (χ1n) is 7.11. The van der Waals surface area contributed by atoms with Crippen LogP contribution in [0.4, 0.5) is 0 Å². The summed E-state index contributed by atoms with van der Waals surface area (Å²) in [5, 5.41) is 2.05. The van der Waals surface area contributed by atoms with E-state index in [1.807, 2.05) is 25.1 Å². The molecule has 0 atom stereocenters. The third-order valence-electron chi connectivity index (χ3n) is 3.84. The van der Waals surface area contributed by atoms with Crippen LogP contribution in [0, 0.1) is 6.92 Å². The summed E-state index contributed by atoms with van der Waals surface area (Å²) in [6, 6.07) is 10.3. The number of carbonyl (C=O) groups is 1. The predicted octanol–water partition coefficient (Wildman–Crippen LogP) is 4.19. The van der Waals surface area contributed by atoms with Crippen molar-refractivity contribution in [3.05, 3.63) is 46.6 Å². The molecule has 4 rings (SSSR count). The molecule has 0 bridgehead atoms. The highest BCUT2D eigenvalue weighted by atomic mass is 32.1. The second-order valence-electron chi connectivity index (χ2n) is 5.43. The maximum Gasteiger partial charge on any atom is 0.182 e. The van der Waals surface area contributed by atoms with Gasteiger partial charge in [0.15, 0.2) is 5.78 Å². The maximum absolute atomic E-state index is 11.9. The van der Waals surface area contributed by atoms with E-state index in [-0.39, 0.29) is 5.78 Å². The topological polar surface area (TPSA) is 42.9 Å². The predicted molar refractivity (Wildman–Crippen MR) is 84.9 cm³/mol. The molecule has 0 N–H and O–H groups in total. The zero-order valence-corrected chi connectivity index (χ0v) is 12.5. The minimum Gasteiger partial charge on any atom is -0.292 e.